The molecular weight excluding hydrogens is 356 g/mol. The summed E-state index contributed by atoms with van der Waals surface area (Å²) >= 11 is 0. The number of benzene rings is 2. The summed E-state index contributed by atoms with van der Waals surface area (Å²) in [6, 6.07) is 14.1. The van der Waals surface area contributed by atoms with Crippen LogP contribution in [0.15, 0.2) is 66.3 Å². The second-order valence-corrected chi connectivity index (χ2v) is 10.0. The van der Waals surface area contributed by atoms with Crippen molar-refractivity contribution in [2.24, 2.45) is 0 Å². The molecule has 0 aromatic heterocycles. The number of hydrogen-bond donors (Lipinski definition) is 1. The van der Waals surface area contributed by atoms with E-state index in [1.54, 1.807) is 0 Å². The van der Waals surface area contributed by atoms with Crippen LogP contribution in [0.3, 0.4) is 0 Å². The van der Waals surface area contributed by atoms with Crippen LogP contribution in [0.2, 0.25) is 0 Å². The Balaban J connectivity index is 1.96. The van der Waals surface area contributed by atoms with Crippen LogP contribution in [0.1, 0.15) is 80.9 Å². The van der Waals surface area contributed by atoms with Gasteiger partial charge in [-0.3, -0.25) is 4.79 Å². The molecule has 0 saturated carbocycles. The number of Topliss-reactive ketones (excluding diaryl/α,β-unsaturated/α-hetero) is 1. The van der Waals surface area contributed by atoms with E-state index >= 15 is 0 Å². The van der Waals surface area contributed by atoms with E-state index in [2.05, 4.69) is 59.8 Å². The lowest BCUT2D eigenvalue weighted by Gasteiger charge is -2.28. The van der Waals surface area contributed by atoms with Gasteiger partial charge < -0.3 is 5.11 Å². The minimum atomic E-state index is -0.254. The molecule has 2 aromatic carbocycles. The molecule has 0 fully saturated rings. The van der Waals surface area contributed by atoms with Crippen LogP contribution in [0.5, 0.6) is 5.75 Å². The summed E-state index contributed by atoms with van der Waals surface area (Å²) in [7, 11) is 0. The van der Waals surface area contributed by atoms with Crippen LogP contribution in [-0.2, 0) is 10.8 Å². The number of carbonyl (C=O) groups is 1. The second kappa shape index (κ2) is 7.67. The molecule has 1 unspecified atom stereocenters. The summed E-state index contributed by atoms with van der Waals surface area (Å²) in [5, 5.41) is 10.9. The van der Waals surface area contributed by atoms with Crippen LogP contribution in [0, 0.1) is 0 Å². The van der Waals surface area contributed by atoms with Gasteiger partial charge in [0, 0.05) is 28.2 Å². The highest BCUT2D eigenvalue weighted by atomic mass is 16.3. The Bertz CT molecular complexity index is 929. The van der Waals surface area contributed by atoms with E-state index in [9.17, 15) is 9.90 Å². The summed E-state index contributed by atoms with van der Waals surface area (Å²) < 4.78 is 0. The van der Waals surface area contributed by atoms with E-state index in [0.717, 1.165) is 23.1 Å². The fourth-order valence-corrected chi connectivity index (χ4v) is 3.81. The molecule has 29 heavy (non-hydrogen) atoms. The number of phenols is 1. The van der Waals surface area contributed by atoms with E-state index in [1.165, 1.54) is 5.56 Å². The smallest absolute Gasteiger partial charge is 0.192 e. The van der Waals surface area contributed by atoms with Gasteiger partial charge in [-0.25, -0.2) is 0 Å². The molecule has 3 rings (SSSR count). The molecule has 0 amide bonds. The number of ketones is 1. The average Bonchev–Trinajstić information content (AvgIpc) is 2.66. The van der Waals surface area contributed by atoms with Crippen LogP contribution < -0.4 is 0 Å². The SMILES string of the molecule is CC(C)(C)c1cc(C(=O)C2=CCC(c3ccccc3)C=C2)cc(C(C)(C)C)c1O. The van der Waals surface area contributed by atoms with Crippen molar-refractivity contribution in [2.75, 3.05) is 0 Å². The first-order chi connectivity index (χ1) is 13.5. The Hall–Kier alpha value is -2.61. The van der Waals surface area contributed by atoms with Gasteiger partial charge in [-0.15, -0.1) is 0 Å². The highest BCUT2D eigenvalue weighted by Gasteiger charge is 2.28. The van der Waals surface area contributed by atoms with E-state index in [1.807, 2.05) is 42.5 Å². The van der Waals surface area contributed by atoms with E-state index in [-0.39, 0.29) is 16.6 Å². The minimum absolute atomic E-state index is 0.0174. The maximum atomic E-state index is 13.3. The van der Waals surface area contributed by atoms with Gasteiger partial charge >= 0.3 is 0 Å². The summed E-state index contributed by atoms with van der Waals surface area (Å²) in [6.45, 7) is 12.4. The summed E-state index contributed by atoms with van der Waals surface area (Å²) in [4.78, 5) is 13.3. The Labute approximate surface area is 175 Å². The maximum absolute atomic E-state index is 13.3. The van der Waals surface area contributed by atoms with Gasteiger partial charge in [0.1, 0.15) is 5.75 Å². The van der Waals surface area contributed by atoms with Gasteiger partial charge in [0.15, 0.2) is 5.78 Å². The van der Waals surface area contributed by atoms with Gasteiger partial charge in [-0.2, -0.15) is 0 Å². The molecule has 1 N–H and O–H groups in total. The van der Waals surface area contributed by atoms with Crippen LogP contribution in [-0.4, -0.2) is 10.9 Å². The molecule has 0 spiro atoms. The average molecular weight is 389 g/mol. The summed E-state index contributed by atoms with van der Waals surface area (Å²) in [5.74, 6) is 0.630. The molecule has 1 aliphatic rings. The quantitative estimate of drug-likeness (QED) is 0.584. The van der Waals surface area contributed by atoms with Gasteiger partial charge in [-0.1, -0.05) is 90.1 Å². The number of aromatic hydroxyl groups is 1. The molecule has 152 valence electrons. The highest BCUT2D eigenvalue weighted by molar-refractivity contribution is 6.11. The van der Waals surface area contributed by atoms with Crippen molar-refractivity contribution in [1.82, 2.24) is 0 Å². The molecule has 0 heterocycles. The monoisotopic (exact) mass is 388 g/mol. The van der Waals surface area contributed by atoms with Crippen molar-refractivity contribution < 1.29 is 9.90 Å². The van der Waals surface area contributed by atoms with Gasteiger partial charge in [0.2, 0.25) is 0 Å². The van der Waals surface area contributed by atoms with Gasteiger partial charge in [0.05, 0.1) is 0 Å². The fourth-order valence-electron chi connectivity index (χ4n) is 3.81. The van der Waals surface area contributed by atoms with Crippen molar-refractivity contribution in [1.29, 1.82) is 0 Å². The molecule has 2 nitrogen and oxygen atoms in total. The molecule has 1 aliphatic carbocycles. The Morgan fingerprint density at radius 3 is 1.93 bits per heavy atom. The second-order valence-electron chi connectivity index (χ2n) is 10.0. The molecule has 1 atom stereocenters. The third kappa shape index (κ3) is 4.53. The first-order valence-corrected chi connectivity index (χ1v) is 10.3. The largest absolute Gasteiger partial charge is 0.507 e. The standard InChI is InChI=1S/C27H32O2/c1-26(2,3)22-16-21(17-23(25(22)29)27(4,5)6)24(28)20-14-12-19(13-15-20)18-10-8-7-9-11-18/h7-12,14-17,19,29H,13H2,1-6H3. The van der Waals surface area contributed by atoms with Crippen molar-refractivity contribution in [3.8, 4) is 5.75 Å². The minimum Gasteiger partial charge on any atom is -0.507 e. The van der Waals surface area contributed by atoms with E-state index in [0.29, 0.717) is 17.2 Å². The lowest BCUT2D eigenvalue weighted by molar-refractivity contribution is 0.103. The predicted octanol–water partition coefficient (Wildman–Crippen LogP) is 6.84. The lowest BCUT2D eigenvalue weighted by atomic mass is 9.77. The first-order valence-electron chi connectivity index (χ1n) is 10.3. The number of allylic oxidation sites excluding steroid dienone is 4. The van der Waals surface area contributed by atoms with E-state index < -0.39 is 0 Å². The Morgan fingerprint density at radius 1 is 0.931 bits per heavy atom. The summed E-state index contributed by atoms with van der Waals surface area (Å²) in [5.41, 5.74) is 3.76. The molecule has 0 radical (unpaired) electrons. The zero-order valence-electron chi connectivity index (χ0n) is 18.4. The molecule has 0 aliphatic heterocycles. The Morgan fingerprint density at radius 2 is 1.48 bits per heavy atom. The number of carbonyl (C=O) groups excluding carboxylic acids is 1. The molecule has 0 bridgehead atoms. The number of phenolic OH excluding ortho intramolecular Hbond substituents is 1. The lowest BCUT2D eigenvalue weighted by Crippen LogP contribution is -2.19. The van der Waals surface area contributed by atoms with Crippen molar-refractivity contribution >= 4 is 5.78 Å². The van der Waals surface area contributed by atoms with Crippen molar-refractivity contribution in [2.45, 2.75) is 64.7 Å². The third-order valence-corrected chi connectivity index (χ3v) is 5.58. The molecular formula is C27H32O2. The predicted molar refractivity (Wildman–Crippen MR) is 121 cm³/mol. The van der Waals surface area contributed by atoms with Crippen LogP contribution in [0.25, 0.3) is 0 Å². The van der Waals surface area contributed by atoms with Gasteiger partial charge in [-0.05, 0) is 34.9 Å². The molecule has 0 saturated heterocycles. The Kier molecular flexibility index (Phi) is 5.58. The van der Waals surface area contributed by atoms with Crippen molar-refractivity contribution in [3.63, 3.8) is 0 Å². The first kappa shape index (κ1) is 21.1. The number of rotatable bonds is 3. The topological polar surface area (TPSA) is 37.3 Å². The normalized spacial score (nSPS) is 17.2. The molecule has 2 aromatic rings. The highest BCUT2D eigenvalue weighted by Crippen LogP contribution is 2.40. The zero-order valence-corrected chi connectivity index (χ0v) is 18.4. The zero-order chi connectivity index (χ0) is 21.4. The number of hydrogen-bond acceptors (Lipinski definition) is 2. The van der Waals surface area contributed by atoms with Crippen LogP contribution >= 0.6 is 0 Å². The van der Waals surface area contributed by atoms with E-state index in [4.69, 9.17) is 0 Å². The van der Waals surface area contributed by atoms with Crippen LogP contribution in [0.4, 0.5) is 0 Å². The molecule has 2 heteroatoms. The summed E-state index contributed by atoms with van der Waals surface area (Å²) in [6.07, 6.45) is 6.93. The van der Waals surface area contributed by atoms with Crippen molar-refractivity contribution in [3.05, 3.63) is 88.5 Å². The third-order valence-electron chi connectivity index (χ3n) is 5.58. The maximum Gasteiger partial charge on any atom is 0.192 e. The van der Waals surface area contributed by atoms with Gasteiger partial charge in [0.25, 0.3) is 0 Å². The fraction of sp³-hybridized carbons (Fsp3) is 0.370.